The van der Waals surface area contributed by atoms with Crippen LogP contribution in [0.4, 0.5) is 10.6 Å². The van der Waals surface area contributed by atoms with E-state index in [4.69, 9.17) is 19.9 Å². The maximum absolute atomic E-state index is 11.9. The Bertz CT molecular complexity index is 1300. The molecule has 2 heterocycles. The highest BCUT2D eigenvalue weighted by Crippen LogP contribution is 2.32. The van der Waals surface area contributed by atoms with Crippen LogP contribution in [0.5, 0.6) is 0 Å². The molecule has 0 saturated carbocycles. The molecule has 4 rings (SSSR count). The average molecular weight is 491 g/mol. The number of nitrogens with two attached hydrogens (primary N) is 1. The molecule has 0 aliphatic heterocycles. The predicted octanol–water partition coefficient (Wildman–Crippen LogP) is 5.06. The van der Waals surface area contributed by atoms with Gasteiger partial charge in [0.2, 0.25) is 5.89 Å². The number of nitrogens with one attached hydrogen (secondary N) is 1. The molecular formula is C25H26N6O3S. The third-order valence-corrected chi connectivity index (χ3v) is 5.72. The number of nitrogens with zero attached hydrogens (tertiary/aromatic N) is 4. The number of alkyl carbamates (subject to hydrolysis) is 1. The van der Waals surface area contributed by atoms with Gasteiger partial charge >= 0.3 is 6.09 Å². The molecule has 2 aromatic heterocycles. The molecule has 0 aliphatic rings. The first-order valence-corrected chi connectivity index (χ1v) is 12.0. The summed E-state index contributed by atoms with van der Waals surface area (Å²) < 4.78 is 11.1. The average Bonchev–Trinajstić information content (AvgIpc) is 3.32. The van der Waals surface area contributed by atoms with E-state index in [-0.39, 0.29) is 11.7 Å². The molecule has 0 unspecified atom stereocenters. The molecule has 180 valence electrons. The minimum absolute atomic E-state index is 0.197. The van der Waals surface area contributed by atoms with Crippen LogP contribution in [0.15, 0.2) is 70.1 Å². The molecule has 10 heteroatoms. The van der Waals surface area contributed by atoms with Crippen molar-refractivity contribution in [3.63, 3.8) is 0 Å². The number of anilines is 1. The Morgan fingerprint density at radius 1 is 1.06 bits per heavy atom. The number of thioether (sulfide) groups is 1. The minimum atomic E-state index is -0.532. The number of hydrogen-bond acceptors (Lipinski definition) is 9. The van der Waals surface area contributed by atoms with Gasteiger partial charge in [-0.25, -0.2) is 14.8 Å². The van der Waals surface area contributed by atoms with Crippen LogP contribution in [-0.4, -0.2) is 44.2 Å². The number of rotatable bonds is 7. The molecule has 1 amide bonds. The van der Waals surface area contributed by atoms with E-state index in [9.17, 15) is 4.79 Å². The number of amides is 1. The van der Waals surface area contributed by atoms with Gasteiger partial charge in [-0.05, 0) is 39.0 Å². The third-order valence-electron chi connectivity index (χ3n) is 4.64. The van der Waals surface area contributed by atoms with Gasteiger partial charge in [0.25, 0.3) is 5.89 Å². The van der Waals surface area contributed by atoms with Crippen molar-refractivity contribution >= 4 is 23.7 Å². The molecule has 0 spiro atoms. The third kappa shape index (κ3) is 6.36. The SMILES string of the molecule is CC(C)(C)OC(=O)NCCSc1ccccc1-c1cnc(N)c(-c2nnc(-c3ccccc3)o2)n1. The number of ether oxygens (including phenoxy) is 1. The maximum Gasteiger partial charge on any atom is 0.407 e. The quantitative estimate of drug-likeness (QED) is 0.270. The molecule has 0 bridgehead atoms. The number of benzene rings is 2. The van der Waals surface area contributed by atoms with E-state index in [1.165, 1.54) is 0 Å². The molecule has 9 nitrogen and oxygen atoms in total. The van der Waals surface area contributed by atoms with Crippen LogP contribution in [0, 0.1) is 0 Å². The summed E-state index contributed by atoms with van der Waals surface area (Å²) in [5, 5.41) is 11.0. The second kappa shape index (κ2) is 10.6. The lowest BCUT2D eigenvalue weighted by Gasteiger charge is -2.19. The van der Waals surface area contributed by atoms with Gasteiger partial charge in [-0.2, -0.15) is 0 Å². The molecule has 35 heavy (non-hydrogen) atoms. The number of hydrogen-bond donors (Lipinski definition) is 2. The summed E-state index contributed by atoms with van der Waals surface area (Å²) in [4.78, 5) is 21.9. The van der Waals surface area contributed by atoms with Crippen molar-refractivity contribution in [2.45, 2.75) is 31.3 Å². The topological polar surface area (TPSA) is 129 Å². The van der Waals surface area contributed by atoms with E-state index in [0.717, 1.165) is 16.0 Å². The van der Waals surface area contributed by atoms with Crippen LogP contribution in [0.3, 0.4) is 0 Å². The molecule has 0 radical (unpaired) electrons. The standard InChI is InChI=1S/C25H26N6O3S/c1-25(2,3)34-24(32)27-13-14-35-19-12-8-7-11-17(19)18-15-28-21(26)20(29-18)23-31-30-22(33-23)16-9-5-4-6-10-16/h4-12,15H,13-14H2,1-3H3,(H2,26,28)(H,27,32). The van der Waals surface area contributed by atoms with Crippen LogP contribution in [0.1, 0.15) is 20.8 Å². The van der Waals surface area contributed by atoms with Gasteiger partial charge in [0.05, 0.1) is 11.9 Å². The summed E-state index contributed by atoms with van der Waals surface area (Å²) in [5.74, 6) is 1.42. The Hall–Kier alpha value is -3.92. The van der Waals surface area contributed by atoms with E-state index in [2.05, 4.69) is 20.5 Å². The summed E-state index contributed by atoms with van der Waals surface area (Å²) in [7, 11) is 0. The lowest BCUT2D eigenvalue weighted by molar-refractivity contribution is 0.0531. The summed E-state index contributed by atoms with van der Waals surface area (Å²) in [6.07, 6.45) is 1.18. The molecule has 3 N–H and O–H groups in total. The van der Waals surface area contributed by atoms with E-state index in [1.54, 1.807) is 18.0 Å². The smallest absolute Gasteiger partial charge is 0.407 e. The molecule has 0 aliphatic carbocycles. The van der Waals surface area contributed by atoms with Crippen molar-refractivity contribution in [1.82, 2.24) is 25.5 Å². The van der Waals surface area contributed by atoms with E-state index >= 15 is 0 Å². The second-order valence-electron chi connectivity index (χ2n) is 8.54. The Morgan fingerprint density at radius 2 is 1.77 bits per heavy atom. The normalized spacial score (nSPS) is 11.3. The summed E-state index contributed by atoms with van der Waals surface area (Å²) in [5.41, 5.74) is 8.19. The van der Waals surface area contributed by atoms with Gasteiger partial charge in [0.1, 0.15) is 5.60 Å². The van der Waals surface area contributed by atoms with E-state index in [1.807, 2.05) is 75.4 Å². The largest absolute Gasteiger partial charge is 0.444 e. The van der Waals surface area contributed by atoms with Crippen molar-refractivity contribution in [2.24, 2.45) is 0 Å². The van der Waals surface area contributed by atoms with Gasteiger partial charge in [-0.1, -0.05) is 36.4 Å². The minimum Gasteiger partial charge on any atom is -0.444 e. The summed E-state index contributed by atoms with van der Waals surface area (Å²) in [6.45, 7) is 5.94. The van der Waals surface area contributed by atoms with Gasteiger partial charge in [0, 0.05) is 28.3 Å². The summed E-state index contributed by atoms with van der Waals surface area (Å²) in [6, 6.07) is 17.3. The van der Waals surface area contributed by atoms with Crippen LogP contribution < -0.4 is 11.1 Å². The molecular weight excluding hydrogens is 464 g/mol. The summed E-state index contributed by atoms with van der Waals surface area (Å²) >= 11 is 1.59. The van der Waals surface area contributed by atoms with E-state index < -0.39 is 11.7 Å². The van der Waals surface area contributed by atoms with Crippen LogP contribution in [0.2, 0.25) is 0 Å². The van der Waals surface area contributed by atoms with E-state index in [0.29, 0.717) is 29.6 Å². The molecule has 0 saturated heterocycles. The Morgan fingerprint density at radius 3 is 2.54 bits per heavy atom. The van der Waals surface area contributed by atoms with Crippen LogP contribution in [0.25, 0.3) is 34.3 Å². The first-order chi connectivity index (χ1) is 16.8. The fourth-order valence-corrected chi connectivity index (χ4v) is 4.06. The highest BCUT2D eigenvalue weighted by molar-refractivity contribution is 7.99. The van der Waals surface area contributed by atoms with Crippen molar-refractivity contribution < 1.29 is 13.9 Å². The van der Waals surface area contributed by atoms with Crippen molar-refractivity contribution in [2.75, 3.05) is 18.0 Å². The monoisotopic (exact) mass is 490 g/mol. The van der Waals surface area contributed by atoms with Crippen molar-refractivity contribution in [3.05, 3.63) is 60.8 Å². The molecule has 0 fully saturated rings. The Kier molecular flexibility index (Phi) is 7.31. The lowest BCUT2D eigenvalue weighted by atomic mass is 10.1. The van der Waals surface area contributed by atoms with Gasteiger partial charge < -0.3 is 20.2 Å². The molecule has 2 aromatic carbocycles. The van der Waals surface area contributed by atoms with Crippen molar-refractivity contribution in [1.29, 1.82) is 0 Å². The zero-order chi connectivity index (χ0) is 24.8. The van der Waals surface area contributed by atoms with Gasteiger partial charge in [-0.3, -0.25) is 0 Å². The lowest BCUT2D eigenvalue weighted by Crippen LogP contribution is -2.33. The fraction of sp³-hybridized carbons (Fsp3) is 0.240. The second-order valence-corrected chi connectivity index (χ2v) is 9.68. The maximum atomic E-state index is 11.9. The van der Waals surface area contributed by atoms with Gasteiger partial charge in [-0.15, -0.1) is 22.0 Å². The van der Waals surface area contributed by atoms with Crippen LogP contribution >= 0.6 is 11.8 Å². The first kappa shape index (κ1) is 24.2. The zero-order valence-corrected chi connectivity index (χ0v) is 20.5. The Labute approximate surface area is 207 Å². The molecule has 0 atom stereocenters. The first-order valence-electron chi connectivity index (χ1n) is 11.0. The molecule has 4 aromatic rings. The number of carbonyl (C=O) groups excluding carboxylic acids is 1. The Balaban J connectivity index is 1.50. The predicted molar refractivity (Wildman–Crippen MR) is 136 cm³/mol. The number of carbonyl (C=O) groups is 1. The number of aromatic nitrogens is 4. The van der Waals surface area contributed by atoms with Crippen molar-refractivity contribution in [3.8, 4) is 34.3 Å². The highest BCUT2D eigenvalue weighted by Gasteiger charge is 2.18. The number of nitrogen functional groups attached to an aromatic ring is 1. The van der Waals surface area contributed by atoms with Crippen LogP contribution in [-0.2, 0) is 4.74 Å². The fourth-order valence-electron chi connectivity index (χ4n) is 3.13. The zero-order valence-electron chi connectivity index (χ0n) is 19.7. The van der Waals surface area contributed by atoms with Gasteiger partial charge in [0.15, 0.2) is 11.5 Å². The highest BCUT2D eigenvalue weighted by atomic mass is 32.2.